The van der Waals surface area contributed by atoms with Crippen LogP contribution in [0.2, 0.25) is 0 Å². The highest BCUT2D eigenvalue weighted by Gasteiger charge is 2.41. The van der Waals surface area contributed by atoms with Crippen molar-refractivity contribution in [2.45, 2.75) is 46.0 Å². The molecular formula is C16H23NO2. The molecule has 1 fully saturated rings. The second-order valence-corrected chi connectivity index (χ2v) is 6.03. The average molecular weight is 261 g/mol. The summed E-state index contributed by atoms with van der Waals surface area (Å²) in [5.41, 5.74) is 0.532. The lowest BCUT2D eigenvalue weighted by Gasteiger charge is -2.29. The maximum atomic E-state index is 12.9. The predicted octanol–water partition coefficient (Wildman–Crippen LogP) is 3.88. The van der Waals surface area contributed by atoms with E-state index in [4.69, 9.17) is 4.74 Å². The molecule has 2 rings (SSSR count). The van der Waals surface area contributed by atoms with Crippen molar-refractivity contribution in [1.82, 2.24) is 4.98 Å². The van der Waals surface area contributed by atoms with Crippen LogP contribution in [0.25, 0.3) is 0 Å². The smallest absolute Gasteiger partial charge is 0.170 e. The molecule has 3 heteroatoms. The SMILES string of the molecule is COc1cncc(C(=O)C2(CC(C)C)CCCC2)c1. The number of methoxy groups -OCH3 is 1. The molecule has 0 aromatic carbocycles. The molecule has 1 aromatic rings. The molecule has 0 N–H and O–H groups in total. The van der Waals surface area contributed by atoms with Crippen LogP contribution in [0.4, 0.5) is 0 Å². The van der Waals surface area contributed by atoms with Gasteiger partial charge in [-0.05, 0) is 31.2 Å². The molecular weight excluding hydrogens is 238 g/mol. The number of carbonyl (C=O) groups is 1. The first-order valence-corrected chi connectivity index (χ1v) is 7.11. The van der Waals surface area contributed by atoms with E-state index in [0.29, 0.717) is 17.2 Å². The van der Waals surface area contributed by atoms with E-state index in [1.165, 1.54) is 0 Å². The van der Waals surface area contributed by atoms with Crippen molar-refractivity contribution < 1.29 is 9.53 Å². The van der Waals surface area contributed by atoms with Crippen LogP contribution in [0.3, 0.4) is 0 Å². The largest absolute Gasteiger partial charge is 0.495 e. The summed E-state index contributed by atoms with van der Waals surface area (Å²) in [5.74, 6) is 1.45. The fourth-order valence-corrected chi connectivity index (χ4v) is 3.32. The van der Waals surface area contributed by atoms with Crippen LogP contribution in [-0.2, 0) is 0 Å². The number of Topliss-reactive ketones (excluding diaryl/α,β-unsaturated/α-hetero) is 1. The molecule has 0 aliphatic heterocycles. The number of ketones is 1. The molecule has 1 heterocycles. The Labute approximate surface area is 115 Å². The first-order chi connectivity index (χ1) is 9.07. The maximum absolute atomic E-state index is 12.9. The number of aromatic nitrogens is 1. The summed E-state index contributed by atoms with van der Waals surface area (Å²) < 4.78 is 5.17. The third kappa shape index (κ3) is 2.96. The van der Waals surface area contributed by atoms with Gasteiger partial charge in [0.2, 0.25) is 0 Å². The fraction of sp³-hybridized carbons (Fsp3) is 0.625. The molecule has 0 unspecified atom stereocenters. The van der Waals surface area contributed by atoms with Crippen molar-refractivity contribution in [3.05, 3.63) is 24.0 Å². The Kier molecular flexibility index (Phi) is 4.23. The van der Waals surface area contributed by atoms with E-state index >= 15 is 0 Å². The molecule has 0 atom stereocenters. The predicted molar refractivity (Wildman–Crippen MR) is 75.5 cm³/mol. The summed E-state index contributed by atoms with van der Waals surface area (Å²) in [7, 11) is 1.60. The van der Waals surface area contributed by atoms with Crippen molar-refractivity contribution in [2.75, 3.05) is 7.11 Å². The summed E-state index contributed by atoms with van der Waals surface area (Å²) in [6, 6.07) is 1.82. The number of hydrogen-bond acceptors (Lipinski definition) is 3. The molecule has 3 nitrogen and oxygen atoms in total. The normalized spacial score (nSPS) is 17.7. The lowest BCUT2D eigenvalue weighted by molar-refractivity contribution is 0.0759. The van der Waals surface area contributed by atoms with Crippen molar-refractivity contribution in [3.63, 3.8) is 0 Å². The van der Waals surface area contributed by atoms with Gasteiger partial charge < -0.3 is 4.74 Å². The lowest BCUT2D eigenvalue weighted by atomic mass is 9.73. The molecule has 0 bridgehead atoms. The van der Waals surface area contributed by atoms with Crippen LogP contribution in [0, 0.1) is 11.3 Å². The lowest BCUT2D eigenvalue weighted by Crippen LogP contribution is -2.30. The highest BCUT2D eigenvalue weighted by molar-refractivity contribution is 6.00. The highest BCUT2D eigenvalue weighted by Crippen LogP contribution is 2.45. The topological polar surface area (TPSA) is 39.2 Å². The zero-order chi connectivity index (χ0) is 13.9. The molecule has 1 aromatic heterocycles. The number of ether oxygens (including phenoxy) is 1. The monoisotopic (exact) mass is 261 g/mol. The second kappa shape index (κ2) is 5.72. The number of hydrogen-bond donors (Lipinski definition) is 0. The van der Waals surface area contributed by atoms with E-state index in [1.54, 1.807) is 19.5 Å². The van der Waals surface area contributed by atoms with Crippen molar-refractivity contribution in [2.24, 2.45) is 11.3 Å². The van der Waals surface area contributed by atoms with Crippen molar-refractivity contribution >= 4 is 5.78 Å². The Balaban J connectivity index is 2.28. The molecule has 0 amide bonds. The van der Waals surface area contributed by atoms with Gasteiger partial charge in [-0.3, -0.25) is 9.78 Å². The molecule has 1 aliphatic rings. The van der Waals surface area contributed by atoms with Crippen LogP contribution in [0.5, 0.6) is 5.75 Å². The molecule has 19 heavy (non-hydrogen) atoms. The standard InChI is InChI=1S/C16H23NO2/c1-12(2)9-16(6-4-5-7-16)15(18)13-8-14(19-3)11-17-10-13/h8,10-12H,4-7,9H2,1-3H3. The van der Waals surface area contributed by atoms with Crippen LogP contribution in [0.1, 0.15) is 56.3 Å². The van der Waals surface area contributed by atoms with E-state index in [9.17, 15) is 4.79 Å². The van der Waals surface area contributed by atoms with Crippen molar-refractivity contribution in [1.29, 1.82) is 0 Å². The van der Waals surface area contributed by atoms with Crippen LogP contribution >= 0.6 is 0 Å². The van der Waals surface area contributed by atoms with Gasteiger partial charge >= 0.3 is 0 Å². The zero-order valence-corrected chi connectivity index (χ0v) is 12.1. The van der Waals surface area contributed by atoms with Crippen LogP contribution in [-0.4, -0.2) is 17.9 Å². The Morgan fingerprint density at radius 2 is 2.05 bits per heavy atom. The molecule has 1 saturated carbocycles. The minimum Gasteiger partial charge on any atom is -0.495 e. The number of pyridine rings is 1. The molecule has 1 aliphatic carbocycles. The van der Waals surface area contributed by atoms with Gasteiger partial charge in [0.1, 0.15) is 5.75 Å². The quantitative estimate of drug-likeness (QED) is 0.755. The summed E-state index contributed by atoms with van der Waals surface area (Å²) in [6.07, 6.45) is 8.64. The Hall–Kier alpha value is -1.38. The van der Waals surface area contributed by atoms with Gasteiger partial charge in [0, 0.05) is 17.2 Å². The van der Waals surface area contributed by atoms with Gasteiger partial charge in [-0.1, -0.05) is 26.7 Å². The first kappa shape index (κ1) is 14.0. The van der Waals surface area contributed by atoms with Gasteiger partial charge in [0.15, 0.2) is 5.78 Å². The highest BCUT2D eigenvalue weighted by atomic mass is 16.5. The first-order valence-electron chi connectivity index (χ1n) is 7.11. The van der Waals surface area contributed by atoms with E-state index in [1.807, 2.05) is 6.07 Å². The summed E-state index contributed by atoms with van der Waals surface area (Å²) >= 11 is 0. The molecule has 0 radical (unpaired) electrons. The summed E-state index contributed by atoms with van der Waals surface area (Å²) in [4.78, 5) is 17.0. The minimum absolute atomic E-state index is 0.164. The van der Waals surface area contributed by atoms with E-state index < -0.39 is 0 Å². The summed E-state index contributed by atoms with van der Waals surface area (Å²) in [6.45, 7) is 4.38. The second-order valence-electron chi connectivity index (χ2n) is 6.03. The number of carbonyl (C=O) groups excluding carboxylic acids is 1. The fourth-order valence-electron chi connectivity index (χ4n) is 3.32. The van der Waals surface area contributed by atoms with E-state index in [0.717, 1.165) is 32.1 Å². The van der Waals surface area contributed by atoms with Gasteiger partial charge in [0.05, 0.1) is 13.3 Å². The molecule has 0 spiro atoms. The maximum Gasteiger partial charge on any atom is 0.170 e. The number of rotatable bonds is 5. The Morgan fingerprint density at radius 1 is 1.37 bits per heavy atom. The zero-order valence-electron chi connectivity index (χ0n) is 12.1. The summed E-state index contributed by atoms with van der Waals surface area (Å²) in [5, 5.41) is 0. The number of nitrogens with zero attached hydrogens (tertiary/aromatic N) is 1. The molecule has 104 valence electrons. The van der Waals surface area contributed by atoms with E-state index in [-0.39, 0.29) is 11.2 Å². The van der Waals surface area contributed by atoms with Crippen LogP contribution < -0.4 is 4.74 Å². The van der Waals surface area contributed by atoms with Gasteiger partial charge in [0.25, 0.3) is 0 Å². The van der Waals surface area contributed by atoms with E-state index in [2.05, 4.69) is 18.8 Å². The minimum atomic E-state index is -0.164. The van der Waals surface area contributed by atoms with Gasteiger partial charge in [-0.25, -0.2) is 0 Å². The van der Waals surface area contributed by atoms with Gasteiger partial charge in [-0.15, -0.1) is 0 Å². The van der Waals surface area contributed by atoms with Crippen molar-refractivity contribution in [3.8, 4) is 5.75 Å². The van der Waals surface area contributed by atoms with Gasteiger partial charge in [-0.2, -0.15) is 0 Å². The average Bonchev–Trinajstić information content (AvgIpc) is 2.86. The Bertz CT molecular complexity index is 448. The van der Waals surface area contributed by atoms with Crippen LogP contribution in [0.15, 0.2) is 18.5 Å². The Morgan fingerprint density at radius 3 is 2.63 bits per heavy atom. The molecule has 0 saturated heterocycles. The third-order valence-electron chi connectivity index (χ3n) is 4.05. The third-order valence-corrected chi connectivity index (χ3v) is 4.05.